The summed E-state index contributed by atoms with van der Waals surface area (Å²) >= 11 is 0.409. The summed E-state index contributed by atoms with van der Waals surface area (Å²) in [7, 11) is 0. The second-order valence-corrected chi connectivity index (χ2v) is 7.44. The topological polar surface area (TPSA) is 84.9 Å². The van der Waals surface area contributed by atoms with E-state index in [1.807, 2.05) is 13.8 Å². The molecule has 0 aliphatic heterocycles. The van der Waals surface area contributed by atoms with Crippen LogP contribution in [0.25, 0.3) is 0 Å². The van der Waals surface area contributed by atoms with Crippen LogP contribution >= 0.6 is 11.8 Å². The fourth-order valence-electron chi connectivity index (χ4n) is 2.69. The lowest BCUT2D eigenvalue weighted by atomic mass is 10.2. The fourth-order valence-corrected chi connectivity index (χ4v) is 3.19. The van der Waals surface area contributed by atoms with Crippen molar-refractivity contribution < 1.29 is 32.6 Å². The molecule has 0 radical (unpaired) electrons. The third kappa shape index (κ3) is 7.84. The first-order valence-electron chi connectivity index (χ1n) is 9.85. The third-order valence-electron chi connectivity index (χ3n) is 4.27. The Balaban J connectivity index is 1.91. The lowest BCUT2D eigenvalue weighted by molar-refractivity contribution is -0.134. The number of anilines is 1. The van der Waals surface area contributed by atoms with Gasteiger partial charge in [0.05, 0.1) is 0 Å². The molecule has 2 aromatic carbocycles. The first-order valence-corrected chi connectivity index (χ1v) is 10.7. The van der Waals surface area contributed by atoms with E-state index in [9.17, 15) is 23.2 Å². The maximum atomic E-state index is 12.4. The summed E-state index contributed by atoms with van der Waals surface area (Å²) in [4.78, 5) is 38.5. The van der Waals surface area contributed by atoms with Crippen LogP contribution < -0.4 is 10.1 Å². The van der Waals surface area contributed by atoms with Crippen LogP contribution in [0.2, 0.25) is 0 Å². The standard InChI is InChI=1S/C22H24F2N2O5S/c1-3-26(4-2)20(28)14-31-21(29)17-7-5-6-8-18(17)30-13-19(27)25-15-9-11-16(12-10-15)32-22(23)24/h5-12,22H,3-4,13-14H2,1-2H3,(H,25,27). The summed E-state index contributed by atoms with van der Waals surface area (Å²) in [5, 5.41) is 2.58. The number of likely N-dealkylation sites (N-methyl/N-ethyl adjacent to an activating group) is 1. The van der Waals surface area contributed by atoms with Crippen molar-refractivity contribution in [2.45, 2.75) is 24.5 Å². The van der Waals surface area contributed by atoms with Gasteiger partial charge >= 0.3 is 5.97 Å². The van der Waals surface area contributed by atoms with E-state index in [0.717, 1.165) is 0 Å². The smallest absolute Gasteiger partial charge is 0.342 e. The van der Waals surface area contributed by atoms with E-state index >= 15 is 0 Å². The monoisotopic (exact) mass is 466 g/mol. The van der Waals surface area contributed by atoms with Gasteiger partial charge in [-0.25, -0.2) is 4.79 Å². The Kier molecular flexibility index (Phi) is 9.93. The van der Waals surface area contributed by atoms with Crippen LogP contribution in [0.4, 0.5) is 14.5 Å². The van der Waals surface area contributed by atoms with Gasteiger partial charge in [0.15, 0.2) is 13.2 Å². The Morgan fingerprint density at radius 3 is 2.28 bits per heavy atom. The molecule has 0 atom stereocenters. The lowest BCUT2D eigenvalue weighted by Gasteiger charge is -2.18. The number of ether oxygens (including phenoxy) is 2. The molecule has 0 saturated heterocycles. The highest BCUT2D eigenvalue weighted by molar-refractivity contribution is 7.99. The molecular formula is C22H24F2N2O5S. The van der Waals surface area contributed by atoms with E-state index in [-0.39, 0.29) is 17.2 Å². The Morgan fingerprint density at radius 1 is 1.00 bits per heavy atom. The minimum Gasteiger partial charge on any atom is -0.483 e. The number of nitrogens with one attached hydrogen (secondary N) is 1. The molecule has 0 saturated carbocycles. The van der Waals surface area contributed by atoms with E-state index in [1.54, 1.807) is 17.0 Å². The van der Waals surface area contributed by atoms with Gasteiger partial charge in [-0.3, -0.25) is 9.59 Å². The molecule has 0 fully saturated rings. The van der Waals surface area contributed by atoms with Gasteiger partial charge in [-0.1, -0.05) is 23.9 Å². The van der Waals surface area contributed by atoms with Gasteiger partial charge in [0.25, 0.3) is 17.6 Å². The van der Waals surface area contributed by atoms with Gasteiger partial charge < -0.3 is 19.7 Å². The number of esters is 1. The number of thioether (sulfide) groups is 1. The SMILES string of the molecule is CCN(CC)C(=O)COC(=O)c1ccccc1OCC(=O)Nc1ccc(SC(F)F)cc1. The Bertz CT molecular complexity index is 921. The number of amides is 2. The van der Waals surface area contributed by atoms with Crippen molar-refractivity contribution in [3.8, 4) is 5.75 Å². The zero-order valence-electron chi connectivity index (χ0n) is 17.7. The largest absolute Gasteiger partial charge is 0.483 e. The number of rotatable bonds is 11. The van der Waals surface area contributed by atoms with Crippen molar-refractivity contribution in [1.29, 1.82) is 0 Å². The zero-order valence-corrected chi connectivity index (χ0v) is 18.5. The molecule has 32 heavy (non-hydrogen) atoms. The van der Waals surface area contributed by atoms with Crippen LogP contribution in [0.3, 0.4) is 0 Å². The van der Waals surface area contributed by atoms with E-state index in [2.05, 4.69) is 5.32 Å². The molecule has 0 spiro atoms. The van der Waals surface area contributed by atoms with Gasteiger partial charge in [0.1, 0.15) is 11.3 Å². The Hall–Kier alpha value is -3.14. The van der Waals surface area contributed by atoms with E-state index in [0.29, 0.717) is 35.4 Å². The molecule has 0 aromatic heterocycles. The van der Waals surface area contributed by atoms with Gasteiger partial charge in [0.2, 0.25) is 0 Å². The van der Waals surface area contributed by atoms with Crippen molar-refractivity contribution in [3.63, 3.8) is 0 Å². The maximum Gasteiger partial charge on any atom is 0.342 e. The van der Waals surface area contributed by atoms with Crippen LogP contribution in [-0.2, 0) is 14.3 Å². The second kappa shape index (κ2) is 12.7. The van der Waals surface area contributed by atoms with Gasteiger partial charge in [-0.05, 0) is 50.2 Å². The number of para-hydroxylation sites is 1. The number of benzene rings is 2. The Labute approximate surface area is 189 Å². The maximum absolute atomic E-state index is 12.4. The van der Waals surface area contributed by atoms with Crippen LogP contribution in [0.15, 0.2) is 53.4 Å². The molecule has 0 aliphatic carbocycles. The molecule has 2 aromatic rings. The highest BCUT2D eigenvalue weighted by Crippen LogP contribution is 2.26. The molecule has 0 unspecified atom stereocenters. The number of alkyl halides is 2. The second-order valence-electron chi connectivity index (χ2n) is 6.38. The normalized spacial score (nSPS) is 10.5. The highest BCUT2D eigenvalue weighted by Gasteiger charge is 2.18. The summed E-state index contributed by atoms with van der Waals surface area (Å²) in [5.41, 5.74) is 0.501. The van der Waals surface area contributed by atoms with E-state index in [4.69, 9.17) is 9.47 Å². The van der Waals surface area contributed by atoms with Crippen molar-refractivity contribution in [3.05, 3.63) is 54.1 Å². The first kappa shape index (κ1) is 25.1. The number of hydrogen-bond donors (Lipinski definition) is 1. The average Bonchev–Trinajstić information content (AvgIpc) is 2.78. The van der Waals surface area contributed by atoms with Crippen molar-refractivity contribution in [1.82, 2.24) is 4.90 Å². The third-order valence-corrected chi connectivity index (χ3v) is 4.99. The van der Waals surface area contributed by atoms with Crippen molar-refractivity contribution in [2.75, 3.05) is 31.6 Å². The summed E-state index contributed by atoms with van der Waals surface area (Å²) in [5.74, 6) is -3.94. The molecule has 2 rings (SSSR count). The summed E-state index contributed by atoms with van der Waals surface area (Å²) in [6, 6.07) is 12.2. The zero-order chi connectivity index (χ0) is 23.5. The predicted octanol–water partition coefficient (Wildman–Crippen LogP) is 4.04. The summed E-state index contributed by atoms with van der Waals surface area (Å²) < 4.78 is 35.3. The molecule has 0 aliphatic rings. The molecule has 10 heteroatoms. The number of hydrogen-bond acceptors (Lipinski definition) is 6. The number of carbonyl (C=O) groups is 3. The predicted molar refractivity (Wildman–Crippen MR) is 117 cm³/mol. The average molecular weight is 467 g/mol. The lowest BCUT2D eigenvalue weighted by Crippen LogP contribution is -2.34. The molecule has 0 bridgehead atoms. The minimum atomic E-state index is -2.52. The van der Waals surface area contributed by atoms with E-state index < -0.39 is 30.8 Å². The van der Waals surface area contributed by atoms with Crippen molar-refractivity contribution >= 4 is 35.2 Å². The number of nitrogens with zero attached hydrogens (tertiary/aromatic N) is 1. The summed E-state index contributed by atoms with van der Waals surface area (Å²) in [6.07, 6.45) is 0. The van der Waals surface area contributed by atoms with Gasteiger partial charge in [-0.2, -0.15) is 8.78 Å². The fraction of sp³-hybridized carbons (Fsp3) is 0.318. The molecular weight excluding hydrogens is 442 g/mol. The summed E-state index contributed by atoms with van der Waals surface area (Å²) in [6.45, 7) is 3.89. The van der Waals surface area contributed by atoms with Gasteiger partial charge in [-0.15, -0.1) is 0 Å². The quantitative estimate of drug-likeness (QED) is 0.397. The molecule has 7 nitrogen and oxygen atoms in total. The molecule has 2 amide bonds. The van der Waals surface area contributed by atoms with Crippen molar-refractivity contribution in [2.24, 2.45) is 0 Å². The molecule has 1 N–H and O–H groups in total. The van der Waals surface area contributed by atoms with Gasteiger partial charge in [0, 0.05) is 23.7 Å². The minimum absolute atomic E-state index is 0.0843. The van der Waals surface area contributed by atoms with Crippen LogP contribution in [0, 0.1) is 0 Å². The van der Waals surface area contributed by atoms with Crippen LogP contribution in [-0.4, -0.2) is 54.7 Å². The highest BCUT2D eigenvalue weighted by atomic mass is 32.2. The molecule has 172 valence electrons. The first-order chi connectivity index (χ1) is 15.3. The number of carbonyl (C=O) groups excluding carboxylic acids is 3. The number of halogens is 2. The van der Waals surface area contributed by atoms with E-state index in [1.165, 1.54) is 36.4 Å². The molecule has 0 heterocycles. The Morgan fingerprint density at radius 2 is 1.66 bits per heavy atom. The van der Waals surface area contributed by atoms with Crippen LogP contribution in [0.5, 0.6) is 5.75 Å². The van der Waals surface area contributed by atoms with Crippen LogP contribution in [0.1, 0.15) is 24.2 Å².